The Morgan fingerprint density at radius 3 is 1.66 bits per heavy atom. The number of rotatable bonds is 11. The van der Waals surface area contributed by atoms with E-state index in [1.165, 1.54) is 65.3 Å². The Balaban J connectivity index is 1.09. The standard InChI is InChI=1S/C93H89BN4S/c1-89(2,3)66-41-46-71(47-42-66)96(72-48-43-67(44-49-72)90(4,5)6)82-59-86-80(57-76(82)62-32-22-17-23-33-62)94-79-51-40-63(75-58-83(78(93(13,14)15)52-65(75)60-95)97(69-34-24-18-25-35-69)70-36-26-19-27-37-70)53-84(79)98(81-39-29-28-38-74(81)61-30-20-16-21-31-61)85-54-64(55-87(99-86)88(85)94)73-50-45-68(91(7,8)9)56-77(73)92(10,11)12/h16-22,24-32,34-43,45-48,50-59H,44,49H2,1-15H3. The van der Waals surface area contributed by atoms with E-state index >= 15 is 0 Å². The number of hydrogen-bond donors (Lipinski definition) is 0. The number of para-hydroxylation sites is 3. The van der Waals surface area contributed by atoms with Crippen LogP contribution in [-0.2, 0) is 21.7 Å². The molecular weight excluding hydrogens is 1220 g/mol. The highest BCUT2D eigenvalue weighted by molar-refractivity contribution is 8.00. The maximum absolute atomic E-state index is 11.6. The van der Waals surface area contributed by atoms with Crippen LogP contribution in [0.5, 0.6) is 0 Å². The normalized spacial score (nSPS) is 13.7. The van der Waals surface area contributed by atoms with Gasteiger partial charge in [-0.15, -0.1) is 0 Å². The topological polar surface area (TPSA) is 33.5 Å². The number of hydrogen-bond acceptors (Lipinski definition) is 5. The van der Waals surface area contributed by atoms with Crippen LogP contribution < -0.4 is 31.1 Å². The van der Waals surface area contributed by atoms with Crippen molar-refractivity contribution in [1.29, 1.82) is 5.26 Å². The molecule has 0 aromatic heterocycles. The van der Waals surface area contributed by atoms with Crippen molar-refractivity contribution in [2.75, 3.05) is 14.7 Å². The molecule has 0 N–H and O–H groups in total. The van der Waals surface area contributed by atoms with E-state index in [1.807, 2.05) is 17.8 Å². The first-order valence-electron chi connectivity index (χ1n) is 35.2. The van der Waals surface area contributed by atoms with Crippen LogP contribution in [0.2, 0.25) is 0 Å². The van der Waals surface area contributed by atoms with Crippen molar-refractivity contribution < 1.29 is 0 Å². The molecule has 1 aliphatic carbocycles. The van der Waals surface area contributed by atoms with Gasteiger partial charge >= 0.3 is 0 Å². The smallest absolute Gasteiger partial charge is 0.249 e. The van der Waals surface area contributed by atoms with Gasteiger partial charge in [0.1, 0.15) is 0 Å². The Morgan fingerprint density at radius 2 is 1.05 bits per heavy atom. The van der Waals surface area contributed by atoms with Gasteiger partial charge in [0.2, 0.25) is 6.71 Å². The van der Waals surface area contributed by atoms with Crippen LogP contribution in [0.3, 0.4) is 0 Å². The number of benzene rings is 10. The molecule has 0 radical (unpaired) electrons. The van der Waals surface area contributed by atoms with Crippen molar-refractivity contribution in [3.05, 3.63) is 294 Å². The van der Waals surface area contributed by atoms with Crippen molar-refractivity contribution in [2.24, 2.45) is 5.41 Å². The fourth-order valence-electron chi connectivity index (χ4n) is 15.0. The minimum Gasteiger partial charge on any atom is -0.314 e. The van der Waals surface area contributed by atoms with E-state index in [2.05, 4.69) is 373 Å². The second-order valence-electron chi connectivity index (χ2n) is 32.3. The highest BCUT2D eigenvalue weighted by Crippen LogP contribution is 2.52. The zero-order valence-corrected chi connectivity index (χ0v) is 61.1. The number of fused-ring (bicyclic) bond motifs is 4. The van der Waals surface area contributed by atoms with Gasteiger partial charge in [0.05, 0.1) is 28.7 Å². The van der Waals surface area contributed by atoms with Crippen LogP contribution in [0, 0.1) is 28.9 Å². The first kappa shape index (κ1) is 66.3. The Morgan fingerprint density at radius 1 is 0.424 bits per heavy atom. The minimum absolute atomic E-state index is 0.0202. The van der Waals surface area contributed by atoms with Crippen LogP contribution in [0.4, 0.5) is 45.5 Å². The number of anilines is 8. The molecule has 11 aromatic carbocycles. The Kier molecular flexibility index (Phi) is 17.0. The van der Waals surface area contributed by atoms with Crippen molar-refractivity contribution in [1.82, 2.24) is 0 Å². The van der Waals surface area contributed by atoms with Gasteiger partial charge in [0.25, 0.3) is 0 Å². The largest absolute Gasteiger partial charge is 0.314 e. The summed E-state index contributed by atoms with van der Waals surface area (Å²) in [5.74, 6) is 0. The lowest BCUT2D eigenvalue weighted by Crippen LogP contribution is -2.60. The van der Waals surface area contributed by atoms with Gasteiger partial charge in [0.15, 0.2) is 0 Å². The van der Waals surface area contributed by atoms with Gasteiger partial charge in [-0.05, 0) is 192 Å². The molecule has 0 saturated heterocycles. The first-order valence-corrected chi connectivity index (χ1v) is 36.0. The molecule has 0 bridgehead atoms. The fraction of sp³-hybridized carbons (Fsp3) is 0.237. The van der Waals surface area contributed by atoms with E-state index in [1.54, 1.807) is 0 Å². The molecule has 0 saturated carbocycles. The molecule has 0 spiro atoms. The Bertz CT molecular complexity index is 4960. The lowest BCUT2D eigenvalue weighted by Gasteiger charge is -2.42. The molecule has 0 fully saturated rings. The van der Waals surface area contributed by atoms with Gasteiger partial charge < -0.3 is 14.7 Å². The molecule has 6 heteroatoms. The van der Waals surface area contributed by atoms with Crippen LogP contribution in [-0.4, -0.2) is 6.71 Å². The lowest BCUT2D eigenvalue weighted by molar-refractivity contribution is 0.479. The molecule has 14 rings (SSSR count). The fourth-order valence-corrected chi connectivity index (χ4v) is 16.2. The molecule has 490 valence electrons. The summed E-state index contributed by atoms with van der Waals surface area (Å²) < 4.78 is 0. The SMILES string of the molecule is CC(C)(C)C1=CC=C(N(c2ccc(C(C)(C)C)cc2)c2cc3c(cc2-c2c#cccc2)B2c4ccc(-c5cc(N(c6ccccc6)c6ccccc6)c(C(C)(C)C)cc5C#N)cc4N(c4ccccc4-c4ccccc4)c4cc(-c5ccc(C(C)(C)C)cc5C(C)(C)C)cc(c42)S3)CC1. The molecule has 4 nitrogen and oxygen atoms in total. The summed E-state index contributed by atoms with van der Waals surface area (Å²) in [6, 6.07) is 95.4. The molecule has 2 heterocycles. The Labute approximate surface area is 594 Å². The van der Waals surface area contributed by atoms with Gasteiger partial charge in [0, 0.05) is 66.2 Å². The lowest BCUT2D eigenvalue weighted by atomic mass is 9.34. The molecule has 2 aliphatic heterocycles. The average molecular weight is 1310 g/mol. The highest BCUT2D eigenvalue weighted by Gasteiger charge is 2.44. The zero-order valence-electron chi connectivity index (χ0n) is 60.3. The van der Waals surface area contributed by atoms with Crippen LogP contribution >= 0.6 is 11.8 Å². The summed E-state index contributed by atoms with van der Waals surface area (Å²) in [7, 11) is 0. The quantitative estimate of drug-likeness (QED) is 0.121. The summed E-state index contributed by atoms with van der Waals surface area (Å²) in [5, 5.41) is 11.6. The number of allylic oxidation sites excluding steroid dienone is 4. The van der Waals surface area contributed by atoms with Gasteiger partial charge in [-0.25, -0.2) is 0 Å². The number of nitriles is 1. The molecular formula is C93H89BN4S. The van der Waals surface area contributed by atoms with Gasteiger partial charge in [-0.2, -0.15) is 5.26 Å². The van der Waals surface area contributed by atoms with E-state index in [4.69, 9.17) is 0 Å². The molecule has 0 atom stereocenters. The van der Waals surface area contributed by atoms with Gasteiger partial charge in [-0.3, -0.25) is 0 Å². The maximum Gasteiger partial charge on any atom is 0.249 e. The predicted molar refractivity (Wildman–Crippen MR) is 423 cm³/mol. The second-order valence-corrected chi connectivity index (χ2v) is 33.4. The van der Waals surface area contributed by atoms with E-state index in [-0.39, 0.29) is 33.8 Å². The van der Waals surface area contributed by atoms with Crippen LogP contribution in [0.15, 0.2) is 264 Å². The average Bonchev–Trinajstić information content (AvgIpc) is 0.699. The number of nitrogens with zero attached hydrogens (tertiary/aromatic N) is 4. The molecule has 0 amide bonds. The first-order chi connectivity index (χ1) is 47.2. The summed E-state index contributed by atoms with van der Waals surface area (Å²) in [6.45, 7) is 34.5. The maximum atomic E-state index is 11.6. The third-order valence-electron chi connectivity index (χ3n) is 20.3. The third-order valence-corrected chi connectivity index (χ3v) is 21.5. The molecule has 3 aliphatic rings. The molecule has 0 unspecified atom stereocenters. The van der Waals surface area contributed by atoms with Crippen molar-refractivity contribution in [3.63, 3.8) is 0 Å². The third kappa shape index (κ3) is 12.6. The van der Waals surface area contributed by atoms with Crippen molar-refractivity contribution in [3.8, 4) is 50.6 Å². The summed E-state index contributed by atoms with van der Waals surface area (Å²) in [4.78, 5) is 9.92. The Hall–Kier alpha value is -9.98. The van der Waals surface area contributed by atoms with Gasteiger partial charge in [-0.1, -0.05) is 284 Å². The zero-order chi connectivity index (χ0) is 69.5. The molecule has 11 aromatic rings. The molecule has 99 heavy (non-hydrogen) atoms. The van der Waals surface area contributed by atoms with E-state index in [9.17, 15) is 5.26 Å². The summed E-state index contributed by atoms with van der Waals surface area (Å²) >= 11 is 1.90. The summed E-state index contributed by atoms with van der Waals surface area (Å²) in [6.07, 6.45) is 6.64. The highest BCUT2D eigenvalue weighted by atomic mass is 32.2. The van der Waals surface area contributed by atoms with E-state index in [0.29, 0.717) is 5.56 Å². The second kappa shape index (κ2) is 25.4. The minimum atomic E-state index is -0.330. The van der Waals surface area contributed by atoms with Crippen LogP contribution in [0.1, 0.15) is 145 Å². The van der Waals surface area contributed by atoms with Crippen molar-refractivity contribution >= 4 is 80.4 Å². The van der Waals surface area contributed by atoms with E-state index < -0.39 is 0 Å². The predicted octanol–water partition coefficient (Wildman–Crippen LogP) is 24.0. The monoisotopic (exact) mass is 1300 g/mol. The van der Waals surface area contributed by atoms with Crippen LogP contribution in [0.25, 0.3) is 44.5 Å². The van der Waals surface area contributed by atoms with Crippen molar-refractivity contribution in [2.45, 2.75) is 148 Å². The van der Waals surface area contributed by atoms with E-state index in [0.717, 1.165) is 97.3 Å². The summed E-state index contributed by atoms with van der Waals surface area (Å²) in [5.41, 5.74) is 28.6.